The largest absolute Gasteiger partial charge is 0.481 e. The van der Waals surface area contributed by atoms with Crippen LogP contribution >= 0.6 is 23.2 Å². The summed E-state index contributed by atoms with van der Waals surface area (Å²) in [4.78, 5) is 18.7. The third kappa shape index (κ3) is 4.55. The van der Waals surface area contributed by atoms with Crippen molar-refractivity contribution in [3.8, 4) is 5.75 Å². The number of benzene rings is 1. The van der Waals surface area contributed by atoms with Gasteiger partial charge in [-0.05, 0) is 38.3 Å². The highest BCUT2D eigenvalue weighted by Gasteiger charge is 2.19. The zero-order chi connectivity index (χ0) is 17.8. The third-order valence-electron chi connectivity index (χ3n) is 3.93. The van der Waals surface area contributed by atoms with Crippen LogP contribution in [0.25, 0.3) is 0 Å². The van der Waals surface area contributed by atoms with E-state index in [0.717, 1.165) is 25.9 Å². The lowest BCUT2D eigenvalue weighted by molar-refractivity contribution is -0.122. The first-order valence-corrected chi connectivity index (χ1v) is 8.88. The summed E-state index contributed by atoms with van der Waals surface area (Å²) in [5.41, 5.74) is 0. The Hall–Kier alpha value is -1.99. The second-order valence-electron chi connectivity index (χ2n) is 5.86. The summed E-state index contributed by atoms with van der Waals surface area (Å²) >= 11 is 11.8. The average Bonchev–Trinajstić information content (AvgIpc) is 3.07. The van der Waals surface area contributed by atoms with Gasteiger partial charge in [-0.25, -0.2) is 5.10 Å². The van der Waals surface area contributed by atoms with Crippen molar-refractivity contribution in [3.63, 3.8) is 0 Å². The monoisotopic (exact) mass is 383 g/mol. The number of carbonyl (C=O) groups excluding carboxylic acids is 1. The number of hydrogen-bond acceptors (Lipinski definition) is 5. The van der Waals surface area contributed by atoms with Crippen LogP contribution in [0.3, 0.4) is 0 Å². The van der Waals surface area contributed by atoms with Crippen LogP contribution in [0.1, 0.15) is 26.2 Å². The van der Waals surface area contributed by atoms with Crippen LogP contribution in [-0.2, 0) is 4.79 Å². The number of rotatable bonds is 5. The minimum absolute atomic E-state index is 0.301. The van der Waals surface area contributed by atoms with Crippen molar-refractivity contribution in [1.82, 2.24) is 15.2 Å². The number of nitrogens with zero attached hydrogens (tertiary/aromatic N) is 3. The SMILES string of the molecule is CC(Oc1ccc(Cl)c(Cl)c1)C(=O)Nc1nc(N2CCCCC2)n[nH]1. The fraction of sp³-hybridized carbons (Fsp3) is 0.438. The predicted molar refractivity (Wildman–Crippen MR) is 97.6 cm³/mol. The number of H-pyrrole nitrogens is 1. The molecule has 2 heterocycles. The molecule has 1 aromatic carbocycles. The molecule has 2 N–H and O–H groups in total. The number of nitrogens with one attached hydrogen (secondary N) is 2. The maximum Gasteiger partial charge on any atom is 0.267 e. The smallest absolute Gasteiger partial charge is 0.267 e. The summed E-state index contributed by atoms with van der Waals surface area (Å²) < 4.78 is 5.58. The van der Waals surface area contributed by atoms with Gasteiger partial charge >= 0.3 is 0 Å². The molecule has 1 aliphatic heterocycles. The molecule has 1 aromatic heterocycles. The lowest BCUT2D eigenvalue weighted by atomic mass is 10.1. The highest BCUT2D eigenvalue weighted by atomic mass is 35.5. The van der Waals surface area contributed by atoms with Gasteiger partial charge in [-0.3, -0.25) is 10.1 Å². The van der Waals surface area contributed by atoms with E-state index in [1.54, 1.807) is 25.1 Å². The number of carbonyl (C=O) groups is 1. The van der Waals surface area contributed by atoms with Crippen LogP contribution < -0.4 is 15.0 Å². The number of anilines is 2. The van der Waals surface area contributed by atoms with E-state index in [-0.39, 0.29) is 5.91 Å². The summed E-state index contributed by atoms with van der Waals surface area (Å²) in [5, 5.41) is 10.4. The molecular formula is C16H19Cl2N5O2. The number of hydrogen-bond donors (Lipinski definition) is 2. The summed E-state index contributed by atoms with van der Waals surface area (Å²) in [6.07, 6.45) is 2.75. The van der Waals surface area contributed by atoms with Crippen molar-refractivity contribution in [2.75, 3.05) is 23.3 Å². The second-order valence-corrected chi connectivity index (χ2v) is 6.67. The molecule has 1 amide bonds. The van der Waals surface area contributed by atoms with Crippen molar-refractivity contribution >= 4 is 41.0 Å². The van der Waals surface area contributed by atoms with E-state index < -0.39 is 6.10 Å². The Labute approximate surface area is 155 Å². The van der Waals surface area contributed by atoms with Gasteiger partial charge in [-0.15, -0.1) is 5.10 Å². The van der Waals surface area contributed by atoms with Gasteiger partial charge in [-0.1, -0.05) is 23.2 Å². The molecule has 1 saturated heterocycles. The standard InChI is InChI=1S/C16H19Cl2N5O2/c1-10(25-11-5-6-12(17)13(18)9-11)14(24)19-15-20-16(22-21-15)23-7-3-2-4-8-23/h5-6,9-10H,2-4,7-8H2,1H3,(H2,19,20,21,22,24). The van der Waals surface area contributed by atoms with Crippen molar-refractivity contribution in [2.45, 2.75) is 32.3 Å². The molecule has 1 atom stereocenters. The molecule has 0 saturated carbocycles. The van der Waals surface area contributed by atoms with E-state index in [1.807, 2.05) is 0 Å². The number of aromatic amines is 1. The number of aromatic nitrogens is 3. The Morgan fingerprint density at radius 2 is 2.04 bits per heavy atom. The van der Waals surface area contributed by atoms with Crippen molar-refractivity contribution in [3.05, 3.63) is 28.2 Å². The van der Waals surface area contributed by atoms with E-state index in [0.29, 0.717) is 27.7 Å². The van der Waals surface area contributed by atoms with Crippen LogP contribution in [-0.4, -0.2) is 40.3 Å². The van der Waals surface area contributed by atoms with Gasteiger partial charge in [0.05, 0.1) is 10.0 Å². The Bertz CT molecular complexity index is 746. The molecule has 0 radical (unpaired) electrons. The van der Waals surface area contributed by atoms with Gasteiger partial charge in [-0.2, -0.15) is 4.98 Å². The first-order chi connectivity index (χ1) is 12.0. The molecule has 1 unspecified atom stereocenters. The maximum absolute atomic E-state index is 12.3. The zero-order valence-electron chi connectivity index (χ0n) is 13.8. The summed E-state index contributed by atoms with van der Waals surface area (Å²) in [6, 6.07) is 4.84. The molecule has 1 aliphatic rings. The van der Waals surface area contributed by atoms with Crippen molar-refractivity contribution < 1.29 is 9.53 Å². The van der Waals surface area contributed by atoms with E-state index in [4.69, 9.17) is 27.9 Å². The Balaban J connectivity index is 1.57. The molecule has 0 bridgehead atoms. The van der Waals surface area contributed by atoms with Gasteiger partial charge in [0, 0.05) is 19.2 Å². The highest BCUT2D eigenvalue weighted by Crippen LogP contribution is 2.27. The minimum atomic E-state index is -0.735. The Morgan fingerprint density at radius 1 is 1.28 bits per heavy atom. The Kier molecular flexibility index (Phi) is 5.65. The minimum Gasteiger partial charge on any atom is -0.481 e. The highest BCUT2D eigenvalue weighted by molar-refractivity contribution is 6.42. The first-order valence-electron chi connectivity index (χ1n) is 8.13. The molecule has 0 spiro atoms. The second kappa shape index (κ2) is 7.93. The molecule has 7 nitrogen and oxygen atoms in total. The summed E-state index contributed by atoms with van der Waals surface area (Å²) in [5.74, 6) is 1.03. The molecule has 9 heteroatoms. The molecule has 0 aliphatic carbocycles. The third-order valence-corrected chi connectivity index (χ3v) is 4.67. The average molecular weight is 384 g/mol. The zero-order valence-corrected chi connectivity index (χ0v) is 15.3. The van der Waals surface area contributed by atoms with E-state index >= 15 is 0 Å². The van der Waals surface area contributed by atoms with Gasteiger partial charge in [0.25, 0.3) is 5.91 Å². The molecule has 2 aromatic rings. The van der Waals surface area contributed by atoms with Crippen molar-refractivity contribution in [2.24, 2.45) is 0 Å². The first kappa shape index (κ1) is 17.8. The van der Waals surface area contributed by atoms with E-state index in [2.05, 4.69) is 25.4 Å². The number of halogens is 2. The summed E-state index contributed by atoms with van der Waals surface area (Å²) in [7, 11) is 0. The predicted octanol–water partition coefficient (Wildman–Crippen LogP) is 3.51. The van der Waals surface area contributed by atoms with Crippen LogP contribution in [0.5, 0.6) is 5.75 Å². The van der Waals surface area contributed by atoms with Crippen LogP contribution in [0, 0.1) is 0 Å². The van der Waals surface area contributed by atoms with Gasteiger partial charge in [0.2, 0.25) is 11.9 Å². The molecule has 1 fully saturated rings. The van der Waals surface area contributed by atoms with Crippen LogP contribution in [0.15, 0.2) is 18.2 Å². The fourth-order valence-electron chi connectivity index (χ4n) is 2.57. The Morgan fingerprint density at radius 3 is 2.76 bits per heavy atom. The number of amides is 1. The van der Waals surface area contributed by atoms with Crippen molar-refractivity contribution in [1.29, 1.82) is 0 Å². The number of ether oxygens (including phenoxy) is 1. The quantitative estimate of drug-likeness (QED) is 0.825. The maximum atomic E-state index is 12.3. The molecule has 3 rings (SSSR count). The lowest BCUT2D eigenvalue weighted by Crippen LogP contribution is -2.31. The van der Waals surface area contributed by atoms with Crippen LogP contribution in [0.2, 0.25) is 10.0 Å². The number of piperidine rings is 1. The van der Waals surface area contributed by atoms with Gasteiger partial charge < -0.3 is 9.64 Å². The summed E-state index contributed by atoms with van der Waals surface area (Å²) in [6.45, 7) is 3.50. The normalized spacial score (nSPS) is 15.7. The van der Waals surface area contributed by atoms with E-state index in [1.165, 1.54) is 6.42 Å². The van der Waals surface area contributed by atoms with E-state index in [9.17, 15) is 4.79 Å². The fourth-order valence-corrected chi connectivity index (χ4v) is 2.86. The topological polar surface area (TPSA) is 83.1 Å². The molecule has 134 valence electrons. The molecular weight excluding hydrogens is 365 g/mol. The van der Waals surface area contributed by atoms with Crippen LogP contribution in [0.4, 0.5) is 11.9 Å². The van der Waals surface area contributed by atoms with Gasteiger partial charge in [0.1, 0.15) is 5.75 Å². The molecule has 25 heavy (non-hydrogen) atoms. The lowest BCUT2D eigenvalue weighted by Gasteiger charge is -2.24. The van der Waals surface area contributed by atoms with Gasteiger partial charge in [0.15, 0.2) is 6.10 Å².